The largest absolute Gasteiger partial charge is 0.481 e. The van der Waals surface area contributed by atoms with Crippen LogP contribution in [0, 0.1) is 5.92 Å². The van der Waals surface area contributed by atoms with Crippen molar-refractivity contribution >= 4 is 5.97 Å². The van der Waals surface area contributed by atoms with E-state index in [-0.39, 0.29) is 0 Å². The van der Waals surface area contributed by atoms with Crippen LogP contribution < -0.4 is 0 Å². The number of carbonyl (C=O) groups is 1. The molecule has 0 aromatic carbocycles. The summed E-state index contributed by atoms with van der Waals surface area (Å²) in [5.74, 6) is 0.0602. The summed E-state index contributed by atoms with van der Waals surface area (Å²) in [6.07, 6.45) is 8.04. The van der Waals surface area contributed by atoms with Crippen molar-refractivity contribution in [3.8, 4) is 0 Å². The SMILES string of the molecule is C1=CC2CC=C12.CC(=O)O. The van der Waals surface area contributed by atoms with Crippen LogP contribution in [0.4, 0.5) is 0 Å². The van der Waals surface area contributed by atoms with Crippen molar-refractivity contribution in [2.24, 2.45) is 5.92 Å². The molecule has 1 N–H and O–H groups in total. The number of allylic oxidation sites excluding steroid dienone is 4. The number of fused-ring (bicyclic) bond motifs is 1. The van der Waals surface area contributed by atoms with E-state index >= 15 is 0 Å². The van der Waals surface area contributed by atoms with Crippen molar-refractivity contribution in [2.45, 2.75) is 13.3 Å². The molecule has 0 bridgehead atoms. The van der Waals surface area contributed by atoms with E-state index in [1.165, 1.54) is 6.42 Å². The molecule has 2 aliphatic carbocycles. The molecule has 2 aliphatic rings. The van der Waals surface area contributed by atoms with E-state index in [1.54, 1.807) is 5.57 Å². The van der Waals surface area contributed by atoms with Crippen LogP contribution in [0.25, 0.3) is 0 Å². The minimum atomic E-state index is -0.833. The smallest absolute Gasteiger partial charge is 0.300 e. The normalized spacial score (nSPS) is 24.1. The fourth-order valence-electron chi connectivity index (χ4n) is 0.880. The second-order valence-electron chi connectivity index (χ2n) is 2.42. The van der Waals surface area contributed by atoms with E-state index in [9.17, 15) is 0 Å². The van der Waals surface area contributed by atoms with Crippen LogP contribution in [0.5, 0.6) is 0 Å². The summed E-state index contributed by atoms with van der Waals surface area (Å²) in [5.41, 5.74) is 1.56. The van der Waals surface area contributed by atoms with Gasteiger partial charge in [0.1, 0.15) is 0 Å². The van der Waals surface area contributed by atoms with Crippen LogP contribution in [0.15, 0.2) is 23.8 Å². The Balaban J connectivity index is 0.000000112. The molecule has 2 rings (SSSR count). The molecule has 10 heavy (non-hydrogen) atoms. The first kappa shape index (κ1) is 7.06. The molecular weight excluding hydrogens is 128 g/mol. The number of hydrogen-bond acceptors (Lipinski definition) is 1. The van der Waals surface area contributed by atoms with E-state index in [0.717, 1.165) is 12.8 Å². The Kier molecular flexibility index (Phi) is 1.90. The zero-order valence-corrected chi connectivity index (χ0v) is 5.87. The van der Waals surface area contributed by atoms with Crippen molar-refractivity contribution in [1.82, 2.24) is 0 Å². The Morgan fingerprint density at radius 1 is 1.80 bits per heavy atom. The molecule has 0 spiro atoms. The molecule has 0 aromatic rings. The molecule has 0 aromatic heterocycles. The molecule has 2 nitrogen and oxygen atoms in total. The van der Waals surface area contributed by atoms with Crippen LogP contribution in [0.2, 0.25) is 0 Å². The summed E-state index contributed by atoms with van der Waals surface area (Å²) >= 11 is 0. The maximum atomic E-state index is 9.00. The second-order valence-corrected chi connectivity index (χ2v) is 2.42. The van der Waals surface area contributed by atoms with Gasteiger partial charge in [0.25, 0.3) is 5.97 Å². The van der Waals surface area contributed by atoms with Crippen molar-refractivity contribution in [3.05, 3.63) is 23.8 Å². The lowest BCUT2D eigenvalue weighted by atomic mass is 9.77. The first-order valence-corrected chi connectivity index (χ1v) is 3.28. The number of carboxylic acid groups (broad SMARTS) is 1. The summed E-state index contributed by atoms with van der Waals surface area (Å²) < 4.78 is 0. The van der Waals surface area contributed by atoms with Gasteiger partial charge >= 0.3 is 0 Å². The van der Waals surface area contributed by atoms with Gasteiger partial charge in [-0.15, -0.1) is 0 Å². The Bertz CT molecular complexity index is 197. The van der Waals surface area contributed by atoms with Gasteiger partial charge in [-0.05, 0) is 12.0 Å². The number of aliphatic carboxylic acids is 1. The van der Waals surface area contributed by atoms with E-state index in [0.29, 0.717) is 0 Å². The summed E-state index contributed by atoms with van der Waals surface area (Å²) in [6, 6.07) is 0. The fourth-order valence-corrected chi connectivity index (χ4v) is 0.880. The Hall–Kier alpha value is -1.05. The zero-order chi connectivity index (χ0) is 7.56. The highest BCUT2D eigenvalue weighted by atomic mass is 16.4. The number of carboxylic acids is 1. The zero-order valence-electron chi connectivity index (χ0n) is 5.87. The summed E-state index contributed by atoms with van der Waals surface area (Å²) in [4.78, 5) is 9.00. The van der Waals surface area contributed by atoms with Gasteiger partial charge < -0.3 is 5.11 Å². The molecule has 1 unspecified atom stereocenters. The minimum absolute atomic E-state index is 0.833. The van der Waals surface area contributed by atoms with E-state index in [2.05, 4.69) is 18.2 Å². The van der Waals surface area contributed by atoms with Gasteiger partial charge in [0.05, 0.1) is 0 Å². The lowest BCUT2D eigenvalue weighted by Gasteiger charge is -2.28. The van der Waals surface area contributed by atoms with Crippen molar-refractivity contribution < 1.29 is 9.90 Å². The van der Waals surface area contributed by atoms with Gasteiger partial charge in [-0.2, -0.15) is 0 Å². The van der Waals surface area contributed by atoms with Gasteiger partial charge in [0.15, 0.2) is 0 Å². The number of hydrogen-bond donors (Lipinski definition) is 1. The highest BCUT2D eigenvalue weighted by Gasteiger charge is 2.21. The maximum absolute atomic E-state index is 9.00. The van der Waals surface area contributed by atoms with Gasteiger partial charge in [-0.3, -0.25) is 4.79 Å². The van der Waals surface area contributed by atoms with Crippen LogP contribution in [-0.2, 0) is 4.79 Å². The van der Waals surface area contributed by atoms with Crippen LogP contribution >= 0.6 is 0 Å². The van der Waals surface area contributed by atoms with Crippen LogP contribution in [0.3, 0.4) is 0 Å². The number of rotatable bonds is 0. The molecule has 0 saturated heterocycles. The third-order valence-corrected chi connectivity index (χ3v) is 1.56. The predicted molar refractivity (Wildman–Crippen MR) is 38.6 cm³/mol. The maximum Gasteiger partial charge on any atom is 0.300 e. The molecule has 0 saturated carbocycles. The highest BCUT2D eigenvalue weighted by Crippen LogP contribution is 2.36. The summed E-state index contributed by atoms with van der Waals surface area (Å²) in [5, 5.41) is 7.42. The average Bonchev–Trinajstić information content (AvgIpc) is 1.77. The molecule has 1 atom stereocenters. The van der Waals surface area contributed by atoms with Crippen molar-refractivity contribution in [3.63, 3.8) is 0 Å². The molecular formula is C8H10O2. The Labute approximate surface area is 59.9 Å². The van der Waals surface area contributed by atoms with Crippen LogP contribution in [-0.4, -0.2) is 11.1 Å². The average molecular weight is 138 g/mol. The van der Waals surface area contributed by atoms with Crippen molar-refractivity contribution in [1.29, 1.82) is 0 Å². The van der Waals surface area contributed by atoms with Crippen molar-refractivity contribution in [2.75, 3.05) is 0 Å². The van der Waals surface area contributed by atoms with Gasteiger partial charge in [-0.1, -0.05) is 18.2 Å². The Morgan fingerprint density at radius 3 is 2.30 bits per heavy atom. The van der Waals surface area contributed by atoms with E-state index < -0.39 is 5.97 Å². The first-order valence-electron chi connectivity index (χ1n) is 3.28. The minimum Gasteiger partial charge on any atom is -0.481 e. The topological polar surface area (TPSA) is 37.3 Å². The third-order valence-electron chi connectivity index (χ3n) is 1.56. The Morgan fingerprint density at radius 2 is 2.30 bits per heavy atom. The molecule has 0 amide bonds. The van der Waals surface area contributed by atoms with Gasteiger partial charge in [0.2, 0.25) is 0 Å². The predicted octanol–water partition coefficient (Wildman–Crippen LogP) is 1.59. The molecule has 54 valence electrons. The van der Waals surface area contributed by atoms with Gasteiger partial charge in [-0.25, -0.2) is 0 Å². The summed E-state index contributed by atoms with van der Waals surface area (Å²) in [7, 11) is 0. The first-order chi connectivity index (χ1) is 4.70. The molecule has 0 radical (unpaired) electrons. The quantitative estimate of drug-likeness (QED) is 0.552. The van der Waals surface area contributed by atoms with E-state index in [4.69, 9.17) is 9.90 Å². The van der Waals surface area contributed by atoms with E-state index in [1.807, 2.05) is 0 Å². The lowest BCUT2D eigenvalue weighted by molar-refractivity contribution is -0.134. The standard InChI is InChI=1S/C6H6.C2H4O2/c1-2-6-4-3-5(1)6;1-2(3)4/h1-3,6H,4H2;1H3,(H,3,4). The second kappa shape index (κ2) is 2.69. The van der Waals surface area contributed by atoms with Gasteiger partial charge in [0, 0.05) is 12.8 Å². The molecule has 0 aliphatic heterocycles. The molecule has 0 fully saturated rings. The molecule has 0 heterocycles. The monoisotopic (exact) mass is 138 g/mol. The third kappa shape index (κ3) is 1.47. The summed E-state index contributed by atoms with van der Waals surface area (Å²) in [6.45, 7) is 1.08. The lowest BCUT2D eigenvalue weighted by Crippen LogP contribution is -2.14. The highest BCUT2D eigenvalue weighted by molar-refractivity contribution is 5.62. The molecule has 2 heteroatoms. The fraction of sp³-hybridized carbons (Fsp3) is 0.375. The van der Waals surface area contributed by atoms with Crippen LogP contribution in [0.1, 0.15) is 13.3 Å².